The van der Waals surface area contributed by atoms with Gasteiger partial charge in [-0.2, -0.15) is 5.26 Å². The van der Waals surface area contributed by atoms with Gasteiger partial charge in [0.1, 0.15) is 17.4 Å². The molecule has 0 saturated heterocycles. The molecule has 102 valence electrons. The highest BCUT2D eigenvalue weighted by atomic mass is 79.9. The van der Waals surface area contributed by atoms with Crippen molar-refractivity contribution in [2.24, 2.45) is 0 Å². The molecule has 0 amide bonds. The van der Waals surface area contributed by atoms with Crippen molar-refractivity contribution in [1.82, 2.24) is 0 Å². The van der Waals surface area contributed by atoms with E-state index in [2.05, 4.69) is 25.4 Å². The van der Waals surface area contributed by atoms with E-state index in [9.17, 15) is 18.0 Å². The maximum atomic E-state index is 12.4. The summed E-state index contributed by atoms with van der Waals surface area (Å²) in [6.07, 6.45) is -4.98. The van der Waals surface area contributed by atoms with Crippen molar-refractivity contribution in [2.45, 2.75) is 11.7 Å². The smallest absolute Gasteiger partial charge is 0.465 e. The van der Waals surface area contributed by atoms with Gasteiger partial charge in [0.25, 0.3) is 0 Å². The summed E-state index contributed by atoms with van der Waals surface area (Å²) in [6.45, 7) is 0. The molecule has 4 nitrogen and oxygen atoms in total. The first-order valence-electron chi connectivity index (χ1n) is 4.80. The van der Waals surface area contributed by atoms with E-state index in [4.69, 9.17) is 5.26 Å². The monoisotopic (exact) mass is 337 g/mol. The summed E-state index contributed by atoms with van der Waals surface area (Å²) in [4.78, 5) is 11.5. The Kier molecular flexibility index (Phi) is 4.78. The van der Waals surface area contributed by atoms with Crippen molar-refractivity contribution in [3.63, 3.8) is 0 Å². The third-order valence-corrected chi connectivity index (χ3v) is 2.72. The number of benzene rings is 1. The first kappa shape index (κ1) is 15.3. The third kappa shape index (κ3) is 3.61. The molecule has 0 aliphatic rings. The maximum absolute atomic E-state index is 12.4. The molecule has 19 heavy (non-hydrogen) atoms. The maximum Gasteiger partial charge on any atom is 0.573 e. The zero-order valence-corrected chi connectivity index (χ0v) is 11.1. The Labute approximate surface area is 114 Å². The molecule has 0 atom stereocenters. The fourth-order valence-electron chi connectivity index (χ4n) is 1.36. The van der Waals surface area contributed by atoms with Crippen LogP contribution < -0.4 is 4.74 Å². The summed E-state index contributed by atoms with van der Waals surface area (Å²) in [5.74, 6) is -1.80. The minimum atomic E-state index is -4.98. The number of nitriles is 1. The highest BCUT2D eigenvalue weighted by Crippen LogP contribution is 2.34. The van der Waals surface area contributed by atoms with Gasteiger partial charge in [-0.15, -0.1) is 13.2 Å². The van der Waals surface area contributed by atoms with Crippen LogP contribution in [-0.2, 0) is 10.1 Å². The molecule has 0 bridgehead atoms. The van der Waals surface area contributed by atoms with Gasteiger partial charge in [0.2, 0.25) is 0 Å². The number of alkyl halides is 4. The molecule has 0 N–H and O–H groups in total. The van der Waals surface area contributed by atoms with Gasteiger partial charge in [0, 0.05) is 10.9 Å². The van der Waals surface area contributed by atoms with Crippen LogP contribution in [0.2, 0.25) is 0 Å². The quantitative estimate of drug-likeness (QED) is 0.628. The highest BCUT2D eigenvalue weighted by molar-refractivity contribution is 9.08. The van der Waals surface area contributed by atoms with Gasteiger partial charge in [-0.1, -0.05) is 22.0 Å². The number of rotatable bonds is 3. The van der Waals surface area contributed by atoms with Gasteiger partial charge in [0.05, 0.1) is 12.7 Å². The van der Waals surface area contributed by atoms with Gasteiger partial charge >= 0.3 is 12.3 Å². The summed E-state index contributed by atoms with van der Waals surface area (Å²) in [5.41, 5.74) is -0.716. The Hall–Kier alpha value is -1.75. The fourth-order valence-corrected chi connectivity index (χ4v) is 1.80. The molecule has 0 unspecified atom stereocenters. The second-order valence-corrected chi connectivity index (χ2v) is 3.82. The average molecular weight is 338 g/mol. The lowest BCUT2D eigenvalue weighted by Gasteiger charge is -2.16. The van der Waals surface area contributed by atoms with E-state index in [0.717, 1.165) is 7.11 Å². The van der Waals surface area contributed by atoms with Gasteiger partial charge in [0.15, 0.2) is 0 Å². The molecule has 0 saturated carbocycles. The number of halogens is 4. The number of methoxy groups -OCH3 is 1. The molecule has 0 aliphatic heterocycles. The van der Waals surface area contributed by atoms with Crippen LogP contribution >= 0.6 is 15.9 Å². The number of hydrogen-bond acceptors (Lipinski definition) is 4. The number of esters is 1. The largest absolute Gasteiger partial charge is 0.573 e. The van der Waals surface area contributed by atoms with E-state index in [1.165, 1.54) is 12.1 Å². The predicted octanol–water partition coefficient (Wildman–Crippen LogP) is 3.14. The minimum Gasteiger partial charge on any atom is -0.465 e. The normalized spacial score (nSPS) is 10.7. The summed E-state index contributed by atoms with van der Waals surface area (Å²) in [7, 11) is 1.00. The Balaban J connectivity index is 3.53. The van der Waals surface area contributed by atoms with E-state index in [1.54, 1.807) is 6.07 Å². The molecule has 1 aromatic carbocycles. The van der Waals surface area contributed by atoms with Crippen molar-refractivity contribution in [3.8, 4) is 11.8 Å². The van der Waals surface area contributed by atoms with Crippen molar-refractivity contribution >= 4 is 21.9 Å². The molecular weight excluding hydrogens is 331 g/mol. The third-order valence-electron chi connectivity index (χ3n) is 2.11. The van der Waals surface area contributed by atoms with Gasteiger partial charge in [-0.05, 0) is 6.07 Å². The van der Waals surface area contributed by atoms with E-state index < -0.39 is 23.6 Å². The molecule has 0 heterocycles. The van der Waals surface area contributed by atoms with Crippen LogP contribution in [0.25, 0.3) is 0 Å². The predicted molar refractivity (Wildman–Crippen MR) is 61.8 cm³/mol. The van der Waals surface area contributed by atoms with Crippen LogP contribution in [0.15, 0.2) is 12.1 Å². The summed E-state index contributed by atoms with van der Waals surface area (Å²) in [5, 5.41) is 8.86. The van der Waals surface area contributed by atoms with Crippen LogP contribution in [0.3, 0.4) is 0 Å². The van der Waals surface area contributed by atoms with Crippen LogP contribution in [-0.4, -0.2) is 19.4 Å². The van der Waals surface area contributed by atoms with Crippen LogP contribution in [0, 0.1) is 11.3 Å². The van der Waals surface area contributed by atoms with E-state index in [1.807, 2.05) is 0 Å². The molecule has 0 fully saturated rings. The molecule has 8 heteroatoms. The second-order valence-electron chi connectivity index (χ2n) is 3.26. The molecule has 0 aliphatic carbocycles. The van der Waals surface area contributed by atoms with Gasteiger partial charge < -0.3 is 9.47 Å². The fraction of sp³-hybridized carbons (Fsp3) is 0.273. The zero-order chi connectivity index (χ0) is 14.6. The number of nitrogens with zero attached hydrogens (tertiary/aromatic N) is 1. The van der Waals surface area contributed by atoms with Gasteiger partial charge in [-0.3, -0.25) is 0 Å². The Morgan fingerprint density at radius 2 is 2.11 bits per heavy atom. The van der Waals surface area contributed by atoms with E-state index >= 15 is 0 Å². The number of ether oxygens (including phenoxy) is 2. The van der Waals surface area contributed by atoms with Crippen LogP contribution in [0.5, 0.6) is 5.75 Å². The average Bonchev–Trinajstić information content (AvgIpc) is 2.35. The Morgan fingerprint density at radius 1 is 1.47 bits per heavy atom. The molecule has 0 spiro atoms. The van der Waals surface area contributed by atoms with E-state index in [-0.39, 0.29) is 16.5 Å². The molecule has 0 aromatic heterocycles. The molecule has 1 aromatic rings. The lowest BCUT2D eigenvalue weighted by Crippen LogP contribution is -2.21. The van der Waals surface area contributed by atoms with Crippen LogP contribution in [0.4, 0.5) is 13.2 Å². The van der Waals surface area contributed by atoms with Crippen molar-refractivity contribution in [2.75, 3.05) is 7.11 Å². The first-order valence-corrected chi connectivity index (χ1v) is 5.92. The summed E-state index contributed by atoms with van der Waals surface area (Å²) in [6, 6.07) is 4.12. The Bertz CT molecular complexity index is 537. The molecular formula is C11H7BrF3NO3. The second kappa shape index (κ2) is 5.93. The highest BCUT2D eigenvalue weighted by Gasteiger charge is 2.35. The Morgan fingerprint density at radius 3 is 2.53 bits per heavy atom. The van der Waals surface area contributed by atoms with Crippen LogP contribution in [0.1, 0.15) is 21.5 Å². The topological polar surface area (TPSA) is 59.3 Å². The standard InChI is InChI=1S/C11H7BrF3NO3/c1-18-10(17)8-7(5-16)3-2-6(4-12)9(8)19-11(13,14)15/h2-3H,4H2,1H3. The van der Waals surface area contributed by atoms with Crippen molar-refractivity contribution < 1.29 is 27.4 Å². The first-order chi connectivity index (χ1) is 8.84. The van der Waals surface area contributed by atoms with Crippen molar-refractivity contribution in [3.05, 3.63) is 28.8 Å². The number of carbonyl (C=O) groups is 1. The van der Waals surface area contributed by atoms with E-state index in [0.29, 0.717) is 0 Å². The summed E-state index contributed by atoms with van der Waals surface area (Å²) >= 11 is 2.99. The molecule has 1 rings (SSSR count). The van der Waals surface area contributed by atoms with Gasteiger partial charge in [-0.25, -0.2) is 4.79 Å². The minimum absolute atomic E-state index is 0.0219. The SMILES string of the molecule is COC(=O)c1c(C#N)ccc(CBr)c1OC(F)(F)F. The molecule has 0 radical (unpaired) electrons. The summed E-state index contributed by atoms with van der Waals surface area (Å²) < 4.78 is 45.3. The number of hydrogen-bond donors (Lipinski definition) is 0. The zero-order valence-electron chi connectivity index (χ0n) is 9.55. The number of carbonyl (C=O) groups excluding carboxylic acids is 1. The lowest BCUT2D eigenvalue weighted by atomic mass is 10.0. The lowest BCUT2D eigenvalue weighted by molar-refractivity contribution is -0.275. The van der Waals surface area contributed by atoms with Crippen molar-refractivity contribution in [1.29, 1.82) is 5.26 Å².